The first-order valence-corrected chi connectivity index (χ1v) is 3.84. The number of ether oxygens (including phenoxy) is 1. The molecule has 2 atom stereocenters. The van der Waals surface area contributed by atoms with Crippen molar-refractivity contribution in [3.05, 3.63) is 0 Å². The first kappa shape index (κ1) is 8.33. The minimum absolute atomic E-state index is 0.246. The predicted molar refractivity (Wildman–Crippen MR) is 44.5 cm³/mol. The highest BCUT2D eigenvalue weighted by molar-refractivity contribution is 5.78. The van der Waals surface area contributed by atoms with Gasteiger partial charge in [0.15, 0.2) is 5.96 Å². The molecule has 1 aliphatic heterocycles. The molecule has 1 rings (SSSR count). The Labute approximate surface area is 66.8 Å². The van der Waals surface area contributed by atoms with E-state index in [0.29, 0.717) is 12.0 Å². The van der Waals surface area contributed by atoms with Crippen molar-refractivity contribution in [2.24, 2.45) is 10.7 Å². The molecule has 64 valence electrons. The molecular weight excluding hydrogens is 142 g/mol. The molecule has 0 spiro atoms. The summed E-state index contributed by atoms with van der Waals surface area (Å²) in [6.45, 7) is 2.85. The monoisotopic (exact) mass is 157 g/mol. The zero-order chi connectivity index (χ0) is 8.27. The molecule has 1 heterocycles. The number of hydrogen-bond acceptors (Lipinski definition) is 2. The van der Waals surface area contributed by atoms with E-state index in [1.807, 2.05) is 6.92 Å². The van der Waals surface area contributed by atoms with Gasteiger partial charge < -0.3 is 15.8 Å². The minimum atomic E-state index is 0.246. The van der Waals surface area contributed by atoms with Crippen LogP contribution >= 0.6 is 0 Å². The van der Waals surface area contributed by atoms with Gasteiger partial charge in [-0.15, -0.1) is 0 Å². The topological polar surface area (TPSA) is 59.6 Å². The molecule has 0 amide bonds. The van der Waals surface area contributed by atoms with Gasteiger partial charge in [0.1, 0.15) is 0 Å². The molecule has 0 aliphatic carbocycles. The average molecular weight is 157 g/mol. The molecule has 1 fully saturated rings. The Morgan fingerprint density at radius 1 is 1.73 bits per heavy atom. The molecule has 0 aromatic heterocycles. The normalized spacial score (nSPS) is 32.4. The van der Waals surface area contributed by atoms with Crippen LogP contribution in [0.3, 0.4) is 0 Å². The highest BCUT2D eigenvalue weighted by atomic mass is 16.5. The van der Waals surface area contributed by atoms with Gasteiger partial charge in [0, 0.05) is 13.7 Å². The summed E-state index contributed by atoms with van der Waals surface area (Å²) < 4.78 is 5.34. The molecule has 0 aromatic rings. The van der Waals surface area contributed by atoms with Gasteiger partial charge in [-0.2, -0.15) is 0 Å². The Bertz CT molecular complexity index is 158. The van der Waals surface area contributed by atoms with E-state index in [1.165, 1.54) is 0 Å². The van der Waals surface area contributed by atoms with Gasteiger partial charge in [-0.25, -0.2) is 0 Å². The molecule has 0 bridgehead atoms. The van der Waals surface area contributed by atoms with Gasteiger partial charge in [0.05, 0.1) is 12.1 Å². The van der Waals surface area contributed by atoms with Crippen LogP contribution in [0.1, 0.15) is 13.3 Å². The summed E-state index contributed by atoms with van der Waals surface area (Å²) in [4.78, 5) is 3.81. The van der Waals surface area contributed by atoms with Crippen molar-refractivity contribution in [3.63, 3.8) is 0 Å². The molecule has 11 heavy (non-hydrogen) atoms. The van der Waals surface area contributed by atoms with E-state index >= 15 is 0 Å². The smallest absolute Gasteiger partial charge is 0.188 e. The third-order valence-corrected chi connectivity index (χ3v) is 1.95. The van der Waals surface area contributed by atoms with E-state index in [4.69, 9.17) is 10.5 Å². The van der Waals surface area contributed by atoms with Gasteiger partial charge in [0.25, 0.3) is 0 Å². The predicted octanol–water partition coefficient (Wildman–Crippen LogP) is -0.302. The largest absolute Gasteiger partial charge is 0.376 e. The van der Waals surface area contributed by atoms with E-state index in [2.05, 4.69) is 10.3 Å². The van der Waals surface area contributed by atoms with E-state index in [-0.39, 0.29) is 6.10 Å². The Morgan fingerprint density at radius 3 is 2.91 bits per heavy atom. The number of nitrogens with zero attached hydrogens (tertiary/aromatic N) is 1. The van der Waals surface area contributed by atoms with Gasteiger partial charge in [0.2, 0.25) is 0 Å². The zero-order valence-corrected chi connectivity index (χ0v) is 7.00. The number of nitrogens with two attached hydrogens (primary N) is 1. The highest BCUT2D eigenvalue weighted by Crippen LogP contribution is 2.11. The molecule has 0 aromatic carbocycles. The van der Waals surface area contributed by atoms with Crippen molar-refractivity contribution in [2.75, 3.05) is 13.7 Å². The fraction of sp³-hybridized carbons (Fsp3) is 0.857. The summed E-state index contributed by atoms with van der Waals surface area (Å²) in [6.07, 6.45) is 1.26. The van der Waals surface area contributed by atoms with Crippen molar-refractivity contribution < 1.29 is 4.74 Å². The van der Waals surface area contributed by atoms with E-state index in [0.717, 1.165) is 13.0 Å². The number of guanidine groups is 1. The fourth-order valence-corrected chi connectivity index (χ4v) is 1.18. The lowest BCUT2D eigenvalue weighted by atomic mass is 10.2. The molecule has 4 nitrogen and oxygen atoms in total. The second kappa shape index (κ2) is 3.57. The van der Waals surface area contributed by atoms with Crippen molar-refractivity contribution in [3.8, 4) is 0 Å². The highest BCUT2D eigenvalue weighted by Gasteiger charge is 2.23. The van der Waals surface area contributed by atoms with Crippen LogP contribution in [-0.4, -0.2) is 31.8 Å². The Hall–Kier alpha value is -0.770. The molecule has 1 aliphatic rings. The van der Waals surface area contributed by atoms with Gasteiger partial charge in [-0.3, -0.25) is 4.99 Å². The van der Waals surface area contributed by atoms with Crippen LogP contribution in [0.25, 0.3) is 0 Å². The molecule has 2 unspecified atom stereocenters. The number of aliphatic imine (C=N–C) groups is 1. The van der Waals surface area contributed by atoms with E-state index < -0.39 is 0 Å². The van der Waals surface area contributed by atoms with Gasteiger partial charge in [-0.1, -0.05) is 0 Å². The maximum absolute atomic E-state index is 5.50. The lowest BCUT2D eigenvalue weighted by Crippen LogP contribution is -2.43. The van der Waals surface area contributed by atoms with E-state index in [1.54, 1.807) is 7.05 Å². The van der Waals surface area contributed by atoms with Crippen molar-refractivity contribution in [2.45, 2.75) is 25.5 Å². The lowest BCUT2D eigenvalue weighted by Gasteiger charge is -2.15. The number of nitrogens with one attached hydrogen (secondary N) is 1. The minimum Gasteiger partial charge on any atom is -0.376 e. The van der Waals surface area contributed by atoms with Crippen LogP contribution in [0.2, 0.25) is 0 Å². The molecule has 0 saturated carbocycles. The average Bonchev–Trinajstić information content (AvgIpc) is 2.37. The summed E-state index contributed by atoms with van der Waals surface area (Å²) in [5.74, 6) is 0.493. The second-order valence-corrected chi connectivity index (χ2v) is 2.72. The van der Waals surface area contributed by atoms with Crippen molar-refractivity contribution in [1.82, 2.24) is 5.32 Å². The Kier molecular flexibility index (Phi) is 2.70. The van der Waals surface area contributed by atoms with Crippen LogP contribution in [0.5, 0.6) is 0 Å². The third kappa shape index (κ3) is 2.08. The molecule has 1 saturated heterocycles. The first-order chi connectivity index (χ1) is 5.24. The third-order valence-electron chi connectivity index (χ3n) is 1.95. The fourth-order valence-electron chi connectivity index (χ4n) is 1.18. The summed E-state index contributed by atoms with van der Waals surface area (Å²) in [6, 6.07) is 0.332. The summed E-state index contributed by atoms with van der Waals surface area (Å²) >= 11 is 0. The zero-order valence-electron chi connectivity index (χ0n) is 7.00. The molecule has 0 radical (unpaired) electrons. The van der Waals surface area contributed by atoms with Crippen LogP contribution in [0, 0.1) is 0 Å². The molecule has 4 heteroatoms. The number of hydrogen-bond donors (Lipinski definition) is 2. The SMILES string of the molecule is CN=C(N)NC1CCOC1C. The number of rotatable bonds is 1. The molecule has 3 N–H and O–H groups in total. The van der Waals surface area contributed by atoms with E-state index in [9.17, 15) is 0 Å². The maximum Gasteiger partial charge on any atom is 0.188 e. The van der Waals surface area contributed by atoms with Crippen LogP contribution in [0.15, 0.2) is 4.99 Å². The first-order valence-electron chi connectivity index (χ1n) is 3.84. The quantitative estimate of drug-likeness (QED) is 0.406. The lowest BCUT2D eigenvalue weighted by molar-refractivity contribution is 0.116. The summed E-state index contributed by atoms with van der Waals surface area (Å²) in [5, 5.41) is 3.08. The Balaban J connectivity index is 2.36. The van der Waals surface area contributed by atoms with Crippen molar-refractivity contribution in [1.29, 1.82) is 0 Å². The van der Waals surface area contributed by atoms with Crippen LogP contribution in [-0.2, 0) is 4.74 Å². The van der Waals surface area contributed by atoms with Crippen LogP contribution < -0.4 is 11.1 Å². The standard InChI is InChI=1S/C7H15N3O/c1-5-6(3-4-11-5)10-7(8)9-2/h5-6H,3-4H2,1-2H3,(H3,8,9,10). The second-order valence-electron chi connectivity index (χ2n) is 2.72. The molecular formula is C7H15N3O. The van der Waals surface area contributed by atoms with Crippen molar-refractivity contribution >= 4 is 5.96 Å². The van der Waals surface area contributed by atoms with Gasteiger partial charge >= 0.3 is 0 Å². The maximum atomic E-state index is 5.50. The summed E-state index contributed by atoms with van der Waals surface area (Å²) in [5.41, 5.74) is 5.50. The summed E-state index contributed by atoms with van der Waals surface area (Å²) in [7, 11) is 1.67. The van der Waals surface area contributed by atoms with Crippen LogP contribution in [0.4, 0.5) is 0 Å². The van der Waals surface area contributed by atoms with Gasteiger partial charge in [-0.05, 0) is 13.3 Å². The Morgan fingerprint density at radius 2 is 2.45 bits per heavy atom.